The molecule has 20 heavy (non-hydrogen) atoms. The molecule has 0 spiro atoms. The van der Waals surface area contributed by atoms with Crippen molar-refractivity contribution in [3.8, 4) is 0 Å². The summed E-state index contributed by atoms with van der Waals surface area (Å²) in [7, 11) is 0. The Morgan fingerprint density at radius 2 is 2.40 bits per heavy atom. The number of rotatable bonds is 7. The van der Waals surface area contributed by atoms with Crippen LogP contribution in [0.5, 0.6) is 0 Å². The number of oxime groups is 1. The molecule has 0 amide bonds. The molecule has 1 aliphatic rings. The van der Waals surface area contributed by atoms with Crippen LogP contribution < -0.4 is 11.3 Å². The predicted octanol–water partition coefficient (Wildman–Crippen LogP) is 1.73. The molecule has 1 saturated carbocycles. The van der Waals surface area contributed by atoms with E-state index < -0.39 is 0 Å². The molecule has 1 aliphatic carbocycles. The van der Waals surface area contributed by atoms with Crippen LogP contribution in [-0.2, 0) is 6.42 Å². The molecule has 0 atom stereocenters. The van der Waals surface area contributed by atoms with Crippen LogP contribution in [-0.4, -0.2) is 26.8 Å². The van der Waals surface area contributed by atoms with Crippen LogP contribution in [0.3, 0.4) is 0 Å². The van der Waals surface area contributed by atoms with Crippen LogP contribution in [0.2, 0.25) is 0 Å². The van der Waals surface area contributed by atoms with Crippen LogP contribution in [0.25, 0.3) is 0 Å². The molecular weight excluding hydrogens is 276 g/mol. The summed E-state index contributed by atoms with van der Waals surface area (Å²) in [6, 6.07) is 1.55. The Bertz CT molecular complexity index is 552. The highest BCUT2D eigenvalue weighted by Crippen LogP contribution is 2.51. The maximum Gasteiger partial charge on any atom is 0.251 e. The number of aromatic amines is 1. The summed E-state index contributed by atoms with van der Waals surface area (Å²) in [6.45, 7) is 2.06. The summed E-state index contributed by atoms with van der Waals surface area (Å²) in [4.78, 5) is 18.8. The van der Waals surface area contributed by atoms with Gasteiger partial charge < -0.3 is 15.9 Å². The van der Waals surface area contributed by atoms with E-state index in [2.05, 4.69) is 22.0 Å². The summed E-state index contributed by atoms with van der Waals surface area (Å²) in [5, 5.41) is 12.3. The zero-order valence-electron chi connectivity index (χ0n) is 11.6. The number of aromatic nitrogens is 2. The lowest BCUT2D eigenvalue weighted by atomic mass is 10.1. The van der Waals surface area contributed by atoms with E-state index in [1.54, 1.807) is 6.07 Å². The van der Waals surface area contributed by atoms with Crippen molar-refractivity contribution < 1.29 is 5.21 Å². The Hall–Kier alpha value is -1.50. The smallest absolute Gasteiger partial charge is 0.251 e. The molecule has 0 aromatic carbocycles. The van der Waals surface area contributed by atoms with Crippen molar-refractivity contribution in [1.82, 2.24) is 9.97 Å². The molecule has 1 fully saturated rings. The number of nitrogens with zero attached hydrogens (tertiary/aromatic N) is 2. The van der Waals surface area contributed by atoms with Gasteiger partial charge in [-0.05, 0) is 24.7 Å². The Kier molecular flexibility index (Phi) is 4.69. The number of hydrogen-bond donors (Lipinski definition) is 3. The molecule has 2 rings (SSSR count). The number of nitrogens with one attached hydrogen (secondary N) is 1. The summed E-state index contributed by atoms with van der Waals surface area (Å²) < 4.78 is 0. The van der Waals surface area contributed by atoms with Crippen molar-refractivity contribution in [3.05, 3.63) is 22.1 Å². The maximum absolute atomic E-state index is 11.6. The van der Waals surface area contributed by atoms with Gasteiger partial charge in [-0.3, -0.25) is 4.79 Å². The third kappa shape index (κ3) is 4.00. The molecule has 7 heteroatoms. The first-order valence-electron chi connectivity index (χ1n) is 6.76. The second-order valence-corrected chi connectivity index (χ2v) is 6.31. The van der Waals surface area contributed by atoms with Gasteiger partial charge >= 0.3 is 0 Å². The largest absolute Gasteiger partial charge is 0.409 e. The van der Waals surface area contributed by atoms with Crippen LogP contribution in [0.15, 0.2) is 21.2 Å². The van der Waals surface area contributed by atoms with Gasteiger partial charge in [0.25, 0.3) is 5.56 Å². The molecule has 1 heterocycles. The standard InChI is InChI=1S/C13H20N4O2S/c1-2-3-9-6-11(18)16-12(15-9)20-8-13(4-5-13)7-10(14)17-19/h6,19H,2-5,7-8H2,1H3,(H2,14,17)(H,15,16,18). The molecular formula is C13H20N4O2S. The van der Waals surface area contributed by atoms with Gasteiger partial charge in [0.2, 0.25) is 0 Å². The molecule has 110 valence electrons. The third-order valence-electron chi connectivity index (χ3n) is 3.44. The van der Waals surface area contributed by atoms with Gasteiger partial charge in [-0.1, -0.05) is 30.3 Å². The fourth-order valence-corrected chi connectivity index (χ4v) is 3.31. The predicted molar refractivity (Wildman–Crippen MR) is 79.3 cm³/mol. The van der Waals surface area contributed by atoms with Crippen molar-refractivity contribution >= 4 is 17.6 Å². The van der Waals surface area contributed by atoms with Gasteiger partial charge in [0.15, 0.2) is 5.16 Å². The molecule has 0 aliphatic heterocycles. The SMILES string of the molecule is CCCc1cc(=O)[nH]c(SCC2(CC(N)=NO)CC2)n1. The third-order valence-corrected chi connectivity index (χ3v) is 4.66. The zero-order valence-corrected chi connectivity index (χ0v) is 12.4. The summed E-state index contributed by atoms with van der Waals surface area (Å²) in [6.07, 6.45) is 4.50. The average Bonchev–Trinajstić information content (AvgIpc) is 3.16. The first kappa shape index (κ1) is 14.9. The Labute approximate surface area is 121 Å². The molecule has 0 saturated heterocycles. The fourth-order valence-electron chi connectivity index (χ4n) is 2.13. The van der Waals surface area contributed by atoms with Crippen LogP contribution in [0, 0.1) is 5.41 Å². The quantitative estimate of drug-likeness (QED) is 0.177. The highest BCUT2D eigenvalue weighted by molar-refractivity contribution is 7.99. The number of hydrogen-bond acceptors (Lipinski definition) is 5. The number of H-pyrrole nitrogens is 1. The monoisotopic (exact) mass is 296 g/mol. The first-order valence-corrected chi connectivity index (χ1v) is 7.75. The van der Waals surface area contributed by atoms with Crippen LogP contribution in [0.1, 0.15) is 38.3 Å². The van der Waals surface area contributed by atoms with Crippen molar-refractivity contribution in [2.45, 2.75) is 44.2 Å². The molecule has 0 bridgehead atoms. The van der Waals surface area contributed by atoms with Crippen molar-refractivity contribution in [3.63, 3.8) is 0 Å². The molecule has 6 nitrogen and oxygen atoms in total. The second-order valence-electron chi connectivity index (χ2n) is 5.35. The minimum absolute atomic E-state index is 0.0975. The van der Waals surface area contributed by atoms with E-state index in [1.165, 1.54) is 11.8 Å². The highest BCUT2D eigenvalue weighted by Gasteiger charge is 2.43. The molecule has 1 aromatic rings. The maximum atomic E-state index is 11.6. The number of aryl methyl sites for hydroxylation is 1. The average molecular weight is 296 g/mol. The lowest BCUT2D eigenvalue weighted by molar-refractivity contribution is 0.315. The zero-order chi connectivity index (χ0) is 14.6. The van der Waals surface area contributed by atoms with Gasteiger partial charge in [-0.15, -0.1) is 0 Å². The lowest BCUT2D eigenvalue weighted by Crippen LogP contribution is -2.19. The van der Waals surface area contributed by atoms with Crippen LogP contribution in [0.4, 0.5) is 0 Å². The van der Waals surface area contributed by atoms with E-state index in [-0.39, 0.29) is 16.8 Å². The molecule has 4 N–H and O–H groups in total. The minimum Gasteiger partial charge on any atom is -0.409 e. The Morgan fingerprint density at radius 1 is 1.65 bits per heavy atom. The normalized spacial score (nSPS) is 17.1. The van der Waals surface area contributed by atoms with Gasteiger partial charge in [-0.25, -0.2) is 4.98 Å². The number of nitrogens with two attached hydrogens (primary N) is 1. The molecule has 0 unspecified atom stereocenters. The summed E-state index contributed by atoms with van der Waals surface area (Å²) in [5.74, 6) is 1.09. The van der Waals surface area contributed by atoms with E-state index >= 15 is 0 Å². The summed E-state index contributed by atoms with van der Waals surface area (Å²) >= 11 is 1.54. The second kappa shape index (κ2) is 6.30. The topological polar surface area (TPSA) is 104 Å². The van der Waals surface area contributed by atoms with Crippen molar-refractivity contribution in [2.24, 2.45) is 16.3 Å². The van der Waals surface area contributed by atoms with Gasteiger partial charge in [-0.2, -0.15) is 0 Å². The molecule has 0 radical (unpaired) electrons. The Balaban J connectivity index is 1.99. The van der Waals surface area contributed by atoms with E-state index in [0.29, 0.717) is 11.6 Å². The van der Waals surface area contributed by atoms with E-state index in [0.717, 1.165) is 37.1 Å². The van der Waals surface area contributed by atoms with Crippen molar-refractivity contribution in [1.29, 1.82) is 0 Å². The van der Waals surface area contributed by atoms with Crippen LogP contribution >= 0.6 is 11.8 Å². The minimum atomic E-state index is -0.104. The molecule has 1 aromatic heterocycles. The van der Waals surface area contributed by atoms with Gasteiger partial charge in [0.1, 0.15) is 5.84 Å². The van der Waals surface area contributed by atoms with Crippen molar-refractivity contribution in [2.75, 3.05) is 5.75 Å². The summed E-state index contributed by atoms with van der Waals surface area (Å²) in [5.41, 5.74) is 6.40. The fraction of sp³-hybridized carbons (Fsp3) is 0.615. The van der Waals surface area contributed by atoms with Gasteiger partial charge in [0, 0.05) is 23.9 Å². The number of thioether (sulfide) groups is 1. The highest BCUT2D eigenvalue weighted by atomic mass is 32.2. The van der Waals surface area contributed by atoms with E-state index in [4.69, 9.17) is 10.9 Å². The lowest BCUT2D eigenvalue weighted by Gasteiger charge is -2.13. The number of amidine groups is 1. The van der Waals surface area contributed by atoms with E-state index in [9.17, 15) is 4.79 Å². The van der Waals surface area contributed by atoms with Gasteiger partial charge in [0.05, 0.1) is 0 Å². The first-order chi connectivity index (χ1) is 9.57. The van der Waals surface area contributed by atoms with E-state index in [1.807, 2.05) is 0 Å². The Morgan fingerprint density at radius 3 is 3.00 bits per heavy atom.